The molecule has 1 aliphatic heterocycles. The number of fused-ring (bicyclic) bond motifs is 1. The molecular weight excluding hydrogens is 487 g/mol. The average molecular weight is 511 g/mol. The summed E-state index contributed by atoms with van der Waals surface area (Å²) < 4.78 is 24.0. The first-order valence-electron chi connectivity index (χ1n) is 11.4. The van der Waals surface area contributed by atoms with Gasteiger partial charge in [0.15, 0.2) is 0 Å². The maximum Gasteiger partial charge on any atom is 0.341 e. The molecule has 186 valence electrons. The fraction of sp³-hybridized carbons (Fsp3) is 0.292. The Morgan fingerprint density at radius 2 is 2.03 bits per heavy atom. The van der Waals surface area contributed by atoms with Gasteiger partial charge in [0.1, 0.15) is 11.4 Å². The van der Waals surface area contributed by atoms with E-state index in [0.29, 0.717) is 56.5 Å². The summed E-state index contributed by atoms with van der Waals surface area (Å²) in [6.07, 6.45) is 4.64. The number of carboxylic acid groups (broad SMARTS) is 1. The fourth-order valence-corrected chi connectivity index (χ4v) is 4.55. The predicted molar refractivity (Wildman–Crippen MR) is 133 cm³/mol. The van der Waals surface area contributed by atoms with E-state index in [1.165, 1.54) is 6.20 Å². The molecule has 1 aliphatic rings. The third-order valence-electron chi connectivity index (χ3n) is 6.28. The summed E-state index contributed by atoms with van der Waals surface area (Å²) in [6, 6.07) is 6.41. The summed E-state index contributed by atoms with van der Waals surface area (Å²) in [6.45, 7) is 5.07. The largest absolute Gasteiger partial charge is 0.477 e. The highest BCUT2D eigenvalue weighted by Gasteiger charge is 2.23. The molecule has 0 saturated carbocycles. The van der Waals surface area contributed by atoms with Crippen LogP contribution < -0.4 is 10.3 Å². The summed E-state index contributed by atoms with van der Waals surface area (Å²) in [4.78, 5) is 32.4. The normalized spacial score (nSPS) is 14.4. The molecular formula is C24H23FN6O4S. The molecule has 5 rings (SSSR count). The van der Waals surface area contributed by atoms with E-state index in [4.69, 9.17) is 16.6 Å². The van der Waals surface area contributed by atoms with Crippen molar-refractivity contribution in [3.8, 4) is 11.5 Å². The summed E-state index contributed by atoms with van der Waals surface area (Å²) in [5.41, 5.74) is 0.558. The summed E-state index contributed by atoms with van der Waals surface area (Å²) >= 11 is 5.32. The minimum Gasteiger partial charge on any atom is -0.477 e. The van der Waals surface area contributed by atoms with Gasteiger partial charge in [0.05, 0.1) is 23.4 Å². The van der Waals surface area contributed by atoms with Gasteiger partial charge in [-0.3, -0.25) is 14.7 Å². The van der Waals surface area contributed by atoms with Gasteiger partial charge in [0.2, 0.25) is 11.3 Å². The molecule has 1 saturated heterocycles. The number of anilines is 1. The van der Waals surface area contributed by atoms with Crippen molar-refractivity contribution in [3.63, 3.8) is 0 Å². The first kappa shape index (κ1) is 23.8. The van der Waals surface area contributed by atoms with Gasteiger partial charge in [-0.2, -0.15) is 0 Å². The van der Waals surface area contributed by atoms with Gasteiger partial charge >= 0.3 is 5.97 Å². The van der Waals surface area contributed by atoms with Crippen LogP contribution in [0.5, 0.6) is 0 Å². The van der Waals surface area contributed by atoms with Crippen molar-refractivity contribution in [1.82, 2.24) is 24.2 Å². The molecule has 3 aromatic heterocycles. The van der Waals surface area contributed by atoms with Crippen LogP contribution in [0.3, 0.4) is 0 Å². The number of hydrogen-bond acceptors (Lipinski definition) is 8. The number of aryl methyl sites for hydroxylation is 1. The van der Waals surface area contributed by atoms with Crippen molar-refractivity contribution in [2.24, 2.45) is 0 Å². The van der Waals surface area contributed by atoms with Gasteiger partial charge in [-0.05, 0) is 43.4 Å². The van der Waals surface area contributed by atoms with Gasteiger partial charge in [-0.1, -0.05) is 0 Å². The summed E-state index contributed by atoms with van der Waals surface area (Å²) in [7, 11) is 0. The summed E-state index contributed by atoms with van der Waals surface area (Å²) in [5, 5.41) is 13.9. The maximum atomic E-state index is 15.1. The van der Waals surface area contributed by atoms with Crippen molar-refractivity contribution in [2.45, 2.75) is 20.1 Å². The first-order chi connectivity index (χ1) is 17.4. The molecule has 0 unspecified atom stereocenters. The topological polar surface area (TPSA) is 110 Å². The van der Waals surface area contributed by atoms with E-state index in [-0.39, 0.29) is 15.8 Å². The lowest BCUT2D eigenvalue weighted by molar-refractivity contribution is 0.0695. The van der Waals surface area contributed by atoms with Crippen LogP contribution in [-0.4, -0.2) is 61.5 Å². The number of hydrogen-bond donors (Lipinski definition) is 1. The number of carbonyl (C=O) groups is 1. The molecule has 10 nitrogen and oxygen atoms in total. The molecule has 0 amide bonds. The van der Waals surface area contributed by atoms with Crippen LogP contribution in [0, 0.1) is 10.7 Å². The molecule has 0 spiro atoms. The summed E-state index contributed by atoms with van der Waals surface area (Å²) in [5.74, 6) is -1.49. The Morgan fingerprint density at radius 1 is 1.25 bits per heavy atom. The zero-order valence-corrected chi connectivity index (χ0v) is 20.2. The molecule has 0 radical (unpaired) electrons. The standard InChI is InChI=1S/C24H23FN6O4S/c1-2-29-13-17(23(33)34)21(32)16-10-18(25)20(11-19(16)29)30-8-6-28(7-9-30)14-31-24(36)35-22(27-31)15-4-3-5-26-12-15/h3-5,10-13H,2,6-9,14H2,1H3,(H,33,34). The van der Waals surface area contributed by atoms with Crippen LogP contribution in [0.25, 0.3) is 22.4 Å². The van der Waals surface area contributed by atoms with Gasteiger partial charge < -0.3 is 19.0 Å². The number of pyridine rings is 2. The Hall–Kier alpha value is -3.90. The number of aromatic carboxylic acids is 1. The molecule has 4 heterocycles. The molecule has 1 fully saturated rings. The lowest BCUT2D eigenvalue weighted by Gasteiger charge is -2.36. The smallest absolute Gasteiger partial charge is 0.341 e. The van der Waals surface area contributed by atoms with Crippen molar-refractivity contribution in [2.75, 3.05) is 31.1 Å². The highest BCUT2D eigenvalue weighted by molar-refractivity contribution is 7.71. The van der Waals surface area contributed by atoms with E-state index in [2.05, 4.69) is 15.0 Å². The van der Waals surface area contributed by atoms with E-state index in [9.17, 15) is 14.7 Å². The third kappa shape index (κ3) is 4.40. The Morgan fingerprint density at radius 3 is 2.69 bits per heavy atom. The van der Waals surface area contributed by atoms with E-state index < -0.39 is 17.2 Å². The quantitative estimate of drug-likeness (QED) is 0.391. The molecule has 0 bridgehead atoms. The van der Waals surface area contributed by atoms with Gasteiger partial charge in [-0.15, -0.1) is 5.10 Å². The number of halogens is 1. The third-order valence-corrected chi connectivity index (χ3v) is 6.58. The Bertz CT molecular complexity index is 1560. The second kappa shape index (κ2) is 9.63. The van der Waals surface area contributed by atoms with Crippen molar-refractivity contribution >= 4 is 34.8 Å². The monoisotopic (exact) mass is 510 g/mol. The number of piperazine rings is 1. The Kier molecular flexibility index (Phi) is 6.37. The molecule has 0 atom stereocenters. The minimum absolute atomic E-state index is 0.0569. The van der Waals surface area contributed by atoms with E-state index in [0.717, 1.165) is 11.6 Å². The van der Waals surface area contributed by atoms with Crippen LogP contribution in [0.2, 0.25) is 0 Å². The lowest BCUT2D eigenvalue weighted by atomic mass is 10.1. The van der Waals surface area contributed by atoms with E-state index in [1.807, 2.05) is 17.9 Å². The Balaban J connectivity index is 1.34. The first-order valence-corrected chi connectivity index (χ1v) is 11.8. The molecule has 1 aromatic carbocycles. The molecule has 12 heteroatoms. The highest BCUT2D eigenvalue weighted by Crippen LogP contribution is 2.26. The van der Waals surface area contributed by atoms with E-state index in [1.54, 1.807) is 33.8 Å². The SMILES string of the molecule is CCn1cc(C(=O)O)c(=O)c2cc(F)c(N3CCN(Cn4nc(-c5cccnc5)oc4=S)CC3)cc21. The average Bonchev–Trinajstić information content (AvgIpc) is 3.25. The second-order valence-corrected chi connectivity index (χ2v) is 8.79. The van der Waals surface area contributed by atoms with Gasteiger partial charge in [0.25, 0.3) is 4.84 Å². The molecule has 0 aliphatic carbocycles. The van der Waals surface area contributed by atoms with Gasteiger partial charge in [-0.25, -0.2) is 13.9 Å². The van der Waals surface area contributed by atoms with Crippen LogP contribution >= 0.6 is 12.2 Å². The maximum absolute atomic E-state index is 15.1. The molecule has 36 heavy (non-hydrogen) atoms. The van der Waals surface area contributed by atoms with Crippen LogP contribution in [0.4, 0.5) is 10.1 Å². The fourth-order valence-electron chi connectivity index (χ4n) is 4.38. The number of rotatable bonds is 6. The Labute approximate surface area is 209 Å². The van der Waals surface area contributed by atoms with E-state index >= 15 is 4.39 Å². The number of benzene rings is 1. The molecule has 4 aromatic rings. The van der Waals surface area contributed by atoms with Crippen LogP contribution in [0.15, 0.2) is 52.1 Å². The van der Waals surface area contributed by atoms with Crippen molar-refractivity contribution < 1.29 is 18.7 Å². The predicted octanol–water partition coefficient (Wildman–Crippen LogP) is 3.22. The highest BCUT2D eigenvalue weighted by atomic mass is 32.1. The zero-order valence-electron chi connectivity index (χ0n) is 19.4. The van der Waals surface area contributed by atoms with Crippen LogP contribution in [0.1, 0.15) is 17.3 Å². The second-order valence-electron chi connectivity index (χ2n) is 8.44. The minimum atomic E-state index is -1.33. The number of aromatic nitrogens is 4. The number of carboxylic acids is 1. The van der Waals surface area contributed by atoms with Gasteiger partial charge in [0, 0.05) is 56.7 Å². The van der Waals surface area contributed by atoms with Crippen molar-refractivity contribution in [1.29, 1.82) is 0 Å². The number of nitrogens with zero attached hydrogens (tertiary/aromatic N) is 6. The van der Waals surface area contributed by atoms with Crippen LogP contribution in [-0.2, 0) is 13.2 Å². The van der Waals surface area contributed by atoms with Crippen molar-refractivity contribution in [3.05, 3.63) is 69.3 Å². The lowest BCUT2D eigenvalue weighted by Crippen LogP contribution is -2.47. The molecule has 1 N–H and O–H groups in total. The zero-order chi connectivity index (χ0) is 25.4.